The topological polar surface area (TPSA) is 101 Å². The minimum Gasteiger partial charge on any atom is -0.449 e. The lowest BCUT2D eigenvalue weighted by molar-refractivity contribution is -0.138. The number of aryl methyl sites for hydroxylation is 1. The van der Waals surface area contributed by atoms with Crippen molar-refractivity contribution in [1.29, 1.82) is 5.26 Å². The molecule has 0 saturated carbocycles. The molecule has 0 bridgehead atoms. The van der Waals surface area contributed by atoms with E-state index in [1.54, 1.807) is 18.2 Å². The number of fused-ring (bicyclic) bond motifs is 1. The lowest BCUT2D eigenvalue weighted by Gasteiger charge is -2.20. The Morgan fingerprint density at radius 3 is 2.76 bits per heavy atom. The molecule has 1 aromatic carbocycles. The molecule has 7 heteroatoms. The molecule has 1 amide bonds. The van der Waals surface area contributed by atoms with Gasteiger partial charge in [0.2, 0.25) is 5.76 Å². The van der Waals surface area contributed by atoms with E-state index in [4.69, 9.17) is 14.4 Å². The summed E-state index contributed by atoms with van der Waals surface area (Å²) < 4.78 is 10.5. The summed E-state index contributed by atoms with van der Waals surface area (Å²) in [4.78, 5) is 37.7. The van der Waals surface area contributed by atoms with Gasteiger partial charge >= 0.3 is 5.97 Å². The number of hydrogen-bond donors (Lipinski definition) is 0. The molecule has 1 heterocycles. The maximum absolute atomic E-state index is 12.2. The van der Waals surface area contributed by atoms with Crippen LogP contribution in [0.3, 0.4) is 0 Å². The molecule has 0 aliphatic rings. The third kappa shape index (κ3) is 4.23. The molecular weight excluding hydrogens is 324 g/mol. The van der Waals surface area contributed by atoms with Gasteiger partial charge in [-0.2, -0.15) is 5.26 Å². The predicted molar refractivity (Wildman–Crippen MR) is 90.0 cm³/mol. The normalized spacial score (nSPS) is 11.6. The summed E-state index contributed by atoms with van der Waals surface area (Å²) in [5.41, 5.74) is 0.812. The number of carbonyl (C=O) groups is 2. The van der Waals surface area contributed by atoms with Crippen molar-refractivity contribution in [2.45, 2.75) is 26.4 Å². The Morgan fingerprint density at radius 2 is 2.08 bits per heavy atom. The molecule has 7 nitrogen and oxygen atoms in total. The first-order valence-electron chi connectivity index (χ1n) is 7.71. The van der Waals surface area contributed by atoms with E-state index in [9.17, 15) is 14.4 Å². The van der Waals surface area contributed by atoms with Gasteiger partial charge in [-0.15, -0.1) is 0 Å². The minimum atomic E-state index is -1.06. The van der Waals surface area contributed by atoms with E-state index in [1.165, 1.54) is 18.9 Å². The summed E-state index contributed by atoms with van der Waals surface area (Å²) in [5, 5.41) is 8.92. The van der Waals surface area contributed by atoms with Crippen LogP contribution < -0.4 is 5.43 Å². The summed E-state index contributed by atoms with van der Waals surface area (Å²) >= 11 is 0. The third-order valence-corrected chi connectivity index (χ3v) is 3.65. The molecule has 0 aliphatic carbocycles. The molecule has 0 N–H and O–H groups in total. The molecule has 2 rings (SSSR count). The van der Waals surface area contributed by atoms with Crippen molar-refractivity contribution in [3.05, 3.63) is 45.8 Å². The first kappa shape index (κ1) is 18.2. The zero-order valence-electron chi connectivity index (χ0n) is 14.2. The number of nitrogens with zero attached hydrogens (tertiary/aromatic N) is 2. The van der Waals surface area contributed by atoms with Crippen molar-refractivity contribution in [2.75, 3.05) is 13.6 Å². The SMILES string of the molecule is Cc1ccc2oc(C(=O)O[C@H](C)C(=O)N(C)CCC#N)cc(=O)c2c1. The van der Waals surface area contributed by atoms with Gasteiger partial charge in [0.25, 0.3) is 5.91 Å². The molecule has 0 aliphatic heterocycles. The van der Waals surface area contributed by atoms with Crippen LogP contribution in [-0.4, -0.2) is 36.5 Å². The van der Waals surface area contributed by atoms with Gasteiger partial charge in [0.15, 0.2) is 11.5 Å². The number of nitriles is 1. The van der Waals surface area contributed by atoms with Gasteiger partial charge in [0.1, 0.15) is 5.58 Å². The van der Waals surface area contributed by atoms with E-state index in [0.717, 1.165) is 11.6 Å². The van der Waals surface area contributed by atoms with Gasteiger partial charge in [-0.3, -0.25) is 9.59 Å². The van der Waals surface area contributed by atoms with Crippen LogP contribution in [0.2, 0.25) is 0 Å². The highest BCUT2D eigenvalue weighted by atomic mass is 16.6. The highest BCUT2D eigenvalue weighted by Gasteiger charge is 2.23. The molecule has 0 spiro atoms. The summed E-state index contributed by atoms with van der Waals surface area (Å²) in [7, 11) is 1.52. The Kier molecular flexibility index (Phi) is 5.55. The molecule has 130 valence electrons. The second kappa shape index (κ2) is 7.62. The van der Waals surface area contributed by atoms with Gasteiger partial charge in [-0.25, -0.2) is 4.79 Å². The van der Waals surface area contributed by atoms with Crippen molar-refractivity contribution < 1.29 is 18.7 Å². The van der Waals surface area contributed by atoms with Crippen LogP contribution in [0.15, 0.2) is 33.5 Å². The zero-order chi connectivity index (χ0) is 18.6. The average Bonchev–Trinajstić information content (AvgIpc) is 2.59. The molecule has 2 aromatic rings. The number of ether oxygens (including phenoxy) is 1. The van der Waals surface area contributed by atoms with Gasteiger partial charge in [0, 0.05) is 19.7 Å². The minimum absolute atomic E-state index is 0.182. The zero-order valence-corrected chi connectivity index (χ0v) is 14.2. The number of benzene rings is 1. The van der Waals surface area contributed by atoms with Crippen LogP contribution >= 0.6 is 0 Å². The first-order chi connectivity index (χ1) is 11.8. The van der Waals surface area contributed by atoms with Crippen LogP contribution in [0, 0.1) is 18.3 Å². The monoisotopic (exact) mass is 342 g/mol. The fourth-order valence-corrected chi connectivity index (χ4v) is 2.28. The van der Waals surface area contributed by atoms with E-state index in [2.05, 4.69) is 0 Å². The van der Waals surface area contributed by atoms with Crippen LogP contribution in [-0.2, 0) is 9.53 Å². The van der Waals surface area contributed by atoms with Gasteiger partial charge in [-0.1, -0.05) is 11.6 Å². The summed E-state index contributed by atoms with van der Waals surface area (Å²) in [5.74, 6) is -1.60. The molecule has 1 aromatic heterocycles. The molecule has 0 unspecified atom stereocenters. The van der Waals surface area contributed by atoms with E-state index < -0.39 is 18.0 Å². The van der Waals surface area contributed by atoms with E-state index >= 15 is 0 Å². The molecule has 0 fully saturated rings. The molecular formula is C18H18N2O5. The van der Waals surface area contributed by atoms with Gasteiger partial charge < -0.3 is 14.1 Å². The molecule has 0 radical (unpaired) electrons. The number of esters is 1. The van der Waals surface area contributed by atoms with Crippen LogP contribution in [0.4, 0.5) is 0 Å². The molecule has 0 saturated heterocycles. The van der Waals surface area contributed by atoms with Gasteiger partial charge in [-0.05, 0) is 26.0 Å². The number of rotatable bonds is 5. The Labute approximate surface area is 144 Å². The van der Waals surface area contributed by atoms with Crippen molar-refractivity contribution in [2.24, 2.45) is 0 Å². The van der Waals surface area contributed by atoms with Crippen molar-refractivity contribution in [1.82, 2.24) is 4.90 Å². The Hall–Kier alpha value is -3.14. The van der Waals surface area contributed by atoms with Gasteiger partial charge in [0.05, 0.1) is 17.9 Å². The maximum Gasteiger partial charge on any atom is 0.375 e. The van der Waals surface area contributed by atoms with E-state index in [1.807, 2.05) is 13.0 Å². The highest BCUT2D eigenvalue weighted by Crippen LogP contribution is 2.15. The number of likely N-dealkylation sites (N-methyl/N-ethyl adjacent to an activating group) is 1. The fraction of sp³-hybridized carbons (Fsp3) is 0.333. The second-order valence-electron chi connectivity index (χ2n) is 5.69. The predicted octanol–water partition coefficient (Wildman–Crippen LogP) is 2.02. The number of hydrogen-bond acceptors (Lipinski definition) is 6. The Bertz CT molecular complexity index is 910. The van der Waals surface area contributed by atoms with E-state index in [0.29, 0.717) is 5.39 Å². The maximum atomic E-state index is 12.2. The van der Waals surface area contributed by atoms with Crippen molar-refractivity contribution >= 4 is 22.8 Å². The summed E-state index contributed by atoms with van der Waals surface area (Å²) in [6, 6.07) is 8.03. The third-order valence-electron chi connectivity index (χ3n) is 3.65. The molecule has 1 atom stereocenters. The van der Waals surface area contributed by atoms with Crippen LogP contribution in [0.5, 0.6) is 0 Å². The van der Waals surface area contributed by atoms with Crippen molar-refractivity contribution in [3.8, 4) is 6.07 Å². The lowest BCUT2D eigenvalue weighted by atomic mass is 10.1. The largest absolute Gasteiger partial charge is 0.449 e. The van der Waals surface area contributed by atoms with Crippen LogP contribution in [0.25, 0.3) is 11.0 Å². The lowest BCUT2D eigenvalue weighted by Crippen LogP contribution is -2.38. The number of carbonyl (C=O) groups excluding carboxylic acids is 2. The van der Waals surface area contributed by atoms with Crippen molar-refractivity contribution in [3.63, 3.8) is 0 Å². The molecule has 25 heavy (non-hydrogen) atoms. The standard InChI is InChI=1S/C18H18N2O5/c1-11-5-6-15-13(9-11)14(21)10-16(25-15)18(23)24-12(2)17(22)20(3)8-4-7-19/h5-6,9-10,12H,4,8H2,1-3H3/t12-/m1/s1. The smallest absolute Gasteiger partial charge is 0.375 e. The summed E-state index contributed by atoms with van der Waals surface area (Å²) in [6.45, 7) is 3.50. The Balaban J connectivity index is 2.17. The first-order valence-corrected chi connectivity index (χ1v) is 7.71. The highest BCUT2D eigenvalue weighted by molar-refractivity contribution is 5.91. The van der Waals surface area contributed by atoms with E-state index in [-0.39, 0.29) is 29.7 Å². The fourth-order valence-electron chi connectivity index (χ4n) is 2.28. The quantitative estimate of drug-likeness (QED) is 0.771. The van der Waals surface area contributed by atoms with Crippen LogP contribution in [0.1, 0.15) is 29.5 Å². The number of amides is 1. The Morgan fingerprint density at radius 1 is 1.36 bits per heavy atom. The second-order valence-corrected chi connectivity index (χ2v) is 5.69. The summed E-state index contributed by atoms with van der Waals surface area (Å²) in [6.07, 6.45) is -0.878. The average molecular weight is 342 g/mol.